The van der Waals surface area contributed by atoms with Crippen molar-refractivity contribution >= 4 is 5.97 Å². The number of hydrogen-bond acceptors (Lipinski definition) is 3. The third kappa shape index (κ3) is 2.75. The number of hydrogen-bond donors (Lipinski definition) is 0. The third-order valence-corrected chi connectivity index (χ3v) is 6.48. The maximum atomic E-state index is 13.3. The number of carbonyl (C=O) groups is 1. The lowest BCUT2D eigenvalue weighted by Gasteiger charge is -2.24. The van der Waals surface area contributed by atoms with E-state index in [4.69, 9.17) is 9.47 Å². The van der Waals surface area contributed by atoms with E-state index in [0.29, 0.717) is 6.61 Å². The number of methoxy groups -OCH3 is 1. The van der Waals surface area contributed by atoms with Crippen LogP contribution in [0, 0.1) is 5.92 Å². The van der Waals surface area contributed by atoms with Gasteiger partial charge < -0.3 is 9.47 Å². The summed E-state index contributed by atoms with van der Waals surface area (Å²) in [4.78, 5) is 13.3. The van der Waals surface area contributed by atoms with Gasteiger partial charge in [0, 0.05) is 11.5 Å². The van der Waals surface area contributed by atoms with Crippen molar-refractivity contribution in [3.05, 3.63) is 64.7 Å². The molecule has 3 heteroatoms. The van der Waals surface area contributed by atoms with Gasteiger partial charge in [0.1, 0.15) is 11.2 Å². The fraction of sp³-hybridized carbons (Fsp3) is 0.458. The fourth-order valence-electron chi connectivity index (χ4n) is 5.11. The second-order valence-corrected chi connectivity index (χ2v) is 7.79. The Labute approximate surface area is 161 Å². The van der Waals surface area contributed by atoms with E-state index in [1.165, 1.54) is 29.5 Å². The van der Waals surface area contributed by atoms with Crippen molar-refractivity contribution in [2.75, 3.05) is 13.7 Å². The van der Waals surface area contributed by atoms with Crippen molar-refractivity contribution in [1.29, 1.82) is 0 Å². The van der Waals surface area contributed by atoms with Gasteiger partial charge in [0.2, 0.25) is 0 Å². The van der Waals surface area contributed by atoms with Gasteiger partial charge in [-0.3, -0.25) is 4.79 Å². The van der Waals surface area contributed by atoms with Gasteiger partial charge in [-0.1, -0.05) is 43.3 Å². The minimum Gasteiger partial charge on any atom is -0.496 e. The average Bonchev–Trinajstić information content (AvgIpc) is 3.33. The lowest BCUT2D eigenvalue weighted by atomic mass is 9.83. The molecule has 3 nitrogen and oxygen atoms in total. The van der Waals surface area contributed by atoms with Gasteiger partial charge >= 0.3 is 5.97 Å². The highest BCUT2D eigenvalue weighted by Gasteiger charge is 2.70. The number of benzene rings is 2. The van der Waals surface area contributed by atoms with Gasteiger partial charge in [0.15, 0.2) is 0 Å². The topological polar surface area (TPSA) is 35.5 Å². The molecule has 0 heterocycles. The molecule has 1 saturated carbocycles. The van der Waals surface area contributed by atoms with Crippen LogP contribution in [0.25, 0.3) is 0 Å². The summed E-state index contributed by atoms with van der Waals surface area (Å²) < 4.78 is 11.4. The molecule has 3 atom stereocenters. The van der Waals surface area contributed by atoms with E-state index in [1.807, 2.05) is 25.1 Å². The molecule has 0 saturated heterocycles. The van der Waals surface area contributed by atoms with Crippen LogP contribution in [-0.4, -0.2) is 19.7 Å². The first-order valence-corrected chi connectivity index (χ1v) is 10.1. The predicted octanol–water partition coefficient (Wildman–Crippen LogP) is 4.81. The smallest absolute Gasteiger partial charge is 0.317 e. The molecule has 3 unspecified atom stereocenters. The maximum Gasteiger partial charge on any atom is 0.317 e. The first-order valence-electron chi connectivity index (χ1n) is 10.1. The van der Waals surface area contributed by atoms with Crippen molar-refractivity contribution in [3.8, 4) is 5.75 Å². The van der Waals surface area contributed by atoms with Crippen LogP contribution < -0.4 is 4.74 Å². The zero-order valence-electron chi connectivity index (χ0n) is 16.5. The van der Waals surface area contributed by atoms with Crippen LogP contribution in [0.15, 0.2) is 42.5 Å². The van der Waals surface area contributed by atoms with E-state index >= 15 is 0 Å². The van der Waals surface area contributed by atoms with Crippen LogP contribution in [0.4, 0.5) is 0 Å². The largest absolute Gasteiger partial charge is 0.496 e. The highest BCUT2D eigenvalue weighted by Crippen LogP contribution is 2.67. The van der Waals surface area contributed by atoms with Crippen molar-refractivity contribution in [1.82, 2.24) is 0 Å². The van der Waals surface area contributed by atoms with E-state index in [1.54, 1.807) is 7.11 Å². The molecular weight excluding hydrogens is 336 g/mol. The van der Waals surface area contributed by atoms with E-state index in [-0.39, 0.29) is 17.8 Å². The second-order valence-electron chi connectivity index (χ2n) is 7.79. The Hall–Kier alpha value is -2.29. The predicted molar refractivity (Wildman–Crippen MR) is 106 cm³/mol. The maximum absolute atomic E-state index is 13.3. The molecule has 0 N–H and O–H groups in total. The molecule has 0 aromatic heterocycles. The monoisotopic (exact) mass is 364 g/mol. The molecule has 2 aromatic rings. The van der Waals surface area contributed by atoms with Gasteiger partial charge in [0.25, 0.3) is 0 Å². The summed E-state index contributed by atoms with van der Waals surface area (Å²) >= 11 is 0. The fourth-order valence-corrected chi connectivity index (χ4v) is 5.11. The number of esters is 1. The van der Waals surface area contributed by atoms with Crippen LogP contribution in [-0.2, 0) is 27.8 Å². The number of carbonyl (C=O) groups excluding carboxylic acids is 1. The summed E-state index contributed by atoms with van der Waals surface area (Å²) in [5.74, 6) is 0.997. The Morgan fingerprint density at radius 3 is 2.41 bits per heavy atom. The van der Waals surface area contributed by atoms with E-state index in [0.717, 1.165) is 24.2 Å². The zero-order chi connectivity index (χ0) is 19.0. The normalized spacial score (nSPS) is 26.2. The number of ether oxygens (including phenoxy) is 2. The first-order chi connectivity index (χ1) is 13.1. The standard InChI is InChI=1S/C24H28O3/c1-4-27-23(25)24(16(2)22(24)17-10-6-5-7-11-17)20-14-18-12-8-9-13-19(18)15-21(20)26-3/h5-7,10-11,14-16,22H,4,8-9,12-13H2,1-3H3. The van der Waals surface area contributed by atoms with Gasteiger partial charge in [-0.2, -0.15) is 0 Å². The summed E-state index contributed by atoms with van der Waals surface area (Å²) in [5, 5.41) is 0. The Morgan fingerprint density at radius 2 is 1.78 bits per heavy atom. The van der Waals surface area contributed by atoms with Crippen LogP contribution in [0.2, 0.25) is 0 Å². The molecule has 2 aromatic carbocycles. The average molecular weight is 364 g/mol. The molecule has 1 fully saturated rings. The summed E-state index contributed by atoms with van der Waals surface area (Å²) in [6, 6.07) is 14.7. The Kier molecular flexibility index (Phi) is 4.71. The number of rotatable bonds is 5. The van der Waals surface area contributed by atoms with Gasteiger partial charge in [-0.25, -0.2) is 0 Å². The second kappa shape index (κ2) is 7.03. The molecular formula is C24H28O3. The van der Waals surface area contributed by atoms with Crippen LogP contribution in [0.3, 0.4) is 0 Å². The quantitative estimate of drug-likeness (QED) is 0.714. The molecule has 0 aliphatic heterocycles. The van der Waals surface area contributed by atoms with E-state index < -0.39 is 5.41 Å². The number of fused-ring (bicyclic) bond motifs is 1. The van der Waals surface area contributed by atoms with Crippen molar-refractivity contribution in [2.24, 2.45) is 5.92 Å². The zero-order valence-corrected chi connectivity index (χ0v) is 16.5. The van der Waals surface area contributed by atoms with Crippen LogP contribution in [0.5, 0.6) is 5.75 Å². The van der Waals surface area contributed by atoms with Crippen LogP contribution >= 0.6 is 0 Å². The molecule has 142 valence electrons. The Bertz CT molecular complexity index is 842. The summed E-state index contributed by atoms with van der Waals surface area (Å²) in [7, 11) is 1.71. The Balaban J connectivity index is 1.87. The summed E-state index contributed by atoms with van der Waals surface area (Å²) in [5.41, 5.74) is 4.27. The molecule has 0 spiro atoms. The highest BCUT2D eigenvalue weighted by molar-refractivity contribution is 5.91. The van der Waals surface area contributed by atoms with Gasteiger partial charge in [-0.15, -0.1) is 0 Å². The van der Waals surface area contributed by atoms with Crippen molar-refractivity contribution in [2.45, 2.75) is 50.9 Å². The lowest BCUT2D eigenvalue weighted by Crippen LogP contribution is -2.28. The molecule has 27 heavy (non-hydrogen) atoms. The Morgan fingerprint density at radius 1 is 1.11 bits per heavy atom. The van der Waals surface area contributed by atoms with E-state index in [2.05, 4.69) is 31.2 Å². The minimum absolute atomic E-state index is 0.119. The molecule has 2 aliphatic carbocycles. The summed E-state index contributed by atoms with van der Waals surface area (Å²) in [6.45, 7) is 4.43. The number of aryl methyl sites for hydroxylation is 2. The SMILES string of the molecule is CCOC(=O)C1(c2cc3c(cc2OC)CCCC3)C(C)C1c1ccccc1. The lowest BCUT2D eigenvalue weighted by molar-refractivity contribution is -0.146. The minimum atomic E-state index is -0.658. The molecule has 0 bridgehead atoms. The third-order valence-electron chi connectivity index (χ3n) is 6.48. The van der Waals surface area contributed by atoms with Gasteiger partial charge in [0.05, 0.1) is 13.7 Å². The van der Waals surface area contributed by atoms with Gasteiger partial charge in [-0.05, 0) is 61.3 Å². The highest BCUT2D eigenvalue weighted by atomic mass is 16.5. The summed E-state index contributed by atoms with van der Waals surface area (Å²) in [6.07, 6.45) is 4.61. The molecule has 4 rings (SSSR count). The van der Waals surface area contributed by atoms with Crippen molar-refractivity contribution in [3.63, 3.8) is 0 Å². The first kappa shape index (κ1) is 18.1. The van der Waals surface area contributed by atoms with E-state index in [9.17, 15) is 4.79 Å². The van der Waals surface area contributed by atoms with Crippen LogP contribution in [0.1, 0.15) is 54.9 Å². The molecule has 0 radical (unpaired) electrons. The molecule has 0 amide bonds. The van der Waals surface area contributed by atoms with Crippen molar-refractivity contribution < 1.29 is 14.3 Å². The molecule has 2 aliphatic rings.